The standard InChI is InChI=1S/C21H29F2N3O3S/c1-14-11-26(12-15(2)29-14)20(28)16-7-9-25(10-8-16)13-19(27)24-17-5-3-4-6-18(17)30-21(22)23/h3-6,14-16,21H,7-13H2,1-2H3,(H,24,27). The molecule has 2 aliphatic rings. The molecule has 0 saturated carbocycles. The van der Waals surface area contributed by atoms with Crippen LogP contribution in [0, 0.1) is 5.92 Å². The van der Waals surface area contributed by atoms with Gasteiger partial charge in [0.05, 0.1) is 24.4 Å². The quantitative estimate of drug-likeness (QED) is 0.687. The van der Waals surface area contributed by atoms with Gasteiger partial charge in [0.1, 0.15) is 0 Å². The number of hydrogen-bond acceptors (Lipinski definition) is 5. The van der Waals surface area contributed by atoms with Gasteiger partial charge in [-0.3, -0.25) is 14.5 Å². The summed E-state index contributed by atoms with van der Waals surface area (Å²) < 4.78 is 31.1. The number of para-hydroxylation sites is 1. The lowest BCUT2D eigenvalue weighted by Gasteiger charge is -2.39. The smallest absolute Gasteiger partial charge is 0.288 e. The Balaban J connectivity index is 1.47. The molecule has 1 N–H and O–H groups in total. The molecule has 2 fully saturated rings. The minimum Gasteiger partial charge on any atom is -0.372 e. The highest BCUT2D eigenvalue weighted by atomic mass is 32.2. The van der Waals surface area contributed by atoms with Gasteiger partial charge < -0.3 is 15.0 Å². The first kappa shape index (κ1) is 23.0. The van der Waals surface area contributed by atoms with Crippen molar-refractivity contribution in [1.82, 2.24) is 9.80 Å². The number of carbonyl (C=O) groups excluding carboxylic acids is 2. The Labute approximate surface area is 180 Å². The van der Waals surface area contributed by atoms with Gasteiger partial charge in [-0.15, -0.1) is 0 Å². The zero-order chi connectivity index (χ0) is 21.7. The van der Waals surface area contributed by atoms with Crippen molar-refractivity contribution in [2.75, 3.05) is 38.0 Å². The molecule has 2 amide bonds. The summed E-state index contributed by atoms with van der Waals surface area (Å²) in [5.74, 6) is -2.63. The molecule has 2 saturated heterocycles. The average Bonchev–Trinajstić information content (AvgIpc) is 2.68. The lowest BCUT2D eigenvalue weighted by molar-refractivity contribution is -0.148. The van der Waals surface area contributed by atoms with E-state index >= 15 is 0 Å². The van der Waals surface area contributed by atoms with Crippen molar-refractivity contribution in [2.24, 2.45) is 5.92 Å². The molecule has 0 aliphatic carbocycles. The number of nitrogens with one attached hydrogen (secondary N) is 1. The van der Waals surface area contributed by atoms with Gasteiger partial charge in [-0.05, 0) is 51.9 Å². The summed E-state index contributed by atoms with van der Waals surface area (Å²) in [5, 5.41) is 2.73. The third-order valence-corrected chi connectivity index (χ3v) is 6.20. The zero-order valence-electron chi connectivity index (χ0n) is 17.4. The molecule has 0 spiro atoms. The lowest BCUT2D eigenvalue weighted by Crippen LogP contribution is -2.51. The lowest BCUT2D eigenvalue weighted by atomic mass is 9.94. The molecule has 0 aromatic heterocycles. The highest BCUT2D eigenvalue weighted by Crippen LogP contribution is 2.31. The fourth-order valence-electron chi connectivity index (χ4n) is 4.12. The summed E-state index contributed by atoms with van der Waals surface area (Å²) in [6, 6.07) is 6.56. The Kier molecular flexibility index (Phi) is 8.07. The van der Waals surface area contributed by atoms with Gasteiger partial charge in [-0.2, -0.15) is 8.78 Å². The van der Waals surface area contributed by atoms with Crippen molar-refractivity contribution < 1.29 is 23.1 Å². The first-order valence-electron chi connectivity index (χ1n) is 10.3. The number of morpholine rings is 1. The van der Waals surface area contributed by atoms with Crippen LogP contribution in [0.3, 0.4) is 0 Å². The number of halogens is 2. The van der Waals surface area contributed by atoms with E-state index in [0.29, 0.717) is 61.4 Å². The van der Waals surface area contributed by atoms with Gasteiger partial charge in [0.15, 0.2) is 0 Å². The summed E-state index contributed by atoms with van der Waals surface area (Å²) in [7, 11) is 0. The molecule has 166 valence electrons. The van der Waals surface area contributed by atoms with Crippen molar-refractivity contribution in [3.63, 3.8) is 0 Å². The zero-order valence-corrected chi connectivity index (χ0v) is 18.2. The van der Waals surface area contributed by atoms with Crippen LogP contribution in [0.4, 0.5) is 14.5 Å². The fraction of sp³-hybridized carbons (Fsp3) is 0.619. The van der Waals surface area contributed by atoms with Crippen molar-refractivity contribution in [3.8, 4) is 0 Å². The van der Waals surface area contributed by atoms with Crippen LogP contribution in [-0.2, 0) is 14.3 Å². The van der Waals surface area contributed by atoms with E-state index in [1.54, 1.807) is 24.3 Å². The van der Waals surface area contributed by atoms with Gasteiger partial charge in [0, 0.05) is 23.9 Å². The molecule has 9 heteroatoms. The first-order valence-corrected chi connectivity index (χ1v) is 11.2. The predicted octanol–water partition coefficient (Wildman–Crippen LogP) is 3.29. The SMILES string of the molecule is CC1CN(C(=O)C2CCN(CC(=O)Nc3ccccc3SC(F)F)CC2)CC(C)O1. The molecule has 1 aromatic carbocycles. The Bertz CT molecular complexity index is 734. The fourth-order valence-corrected chi connectivity index (χ4v) is 4.71. The highest BCUT2D eigenvalue weighted by Gasteiger charge is 2.33. The number of nitrogens with zero attached hydrogens (tertiary/aromatic N) is 2. The molecule has 0 bridgehead atoms. The summed E-state index contributed by atoms with van der Waals surface area (Å²) in [4.78, 5) is 29.5. The molecule has 2 aliphatic heterocycles. The van der Waals surface area contributed by atoms with Crippen molar-refractivity contribution in [2.45, 2.75) is 49.6 Å². The van der Waals surface area contributed by atoms with E-state index in [0.717, 1.165) is 0 Å². The molecule has 1 aromatic rings. The minimum absolute atomic E-state index is 0.0232. The molecule has 6 nitrogen and oxygen atoms in total. The third kappa shape index (κ3) is 6.39. The van der Waals surface area contributed by atoms with Crippen LogP contribution < -0.4 is 5.32 Å². The van der Waals surface area contributed by atoms with Gasteiger partial charge in [0.25, 0.3) is 5.76 Å². The van der Waals surface area contributed by atoms with Gasteiger partial charge in [-0.25, -0.2) is 0 Å². The maximum absolute atomic E-state index is 12.8. The number of carbonyl (C=O) groups is 2. The number of ether oxygens (including phenoxy) is 1. The topological polar surface area (TPSA) is 61.9 Å². The summed E-state index contributed by atoms with van der Waals surface area (Å²) in [5.41, 5.74) is 0.397. The first-order chi connectivity index (χ1) is 14.3. The minimum atomic E-state index is -2.54. The van der Waals surface area contributed by atoms with Crippen LogP contribution in [0.1, 0.15) is 26.7 Å². The Hall–Kier alpha value is -1.71. The van der Waals surface area contributed by atoms with Crippen molar-refractivity contribution in [3.05, 3.63) is 24.3 Å². The highest BCUT2D eigenvalue weighted by molar-refractivity contribution is 7.99. The van der Waals surface area contributed by atoms with Gasteiger partial charge in [0.2, 0.25) is 11.8 Å². The van der Waals surface area contributed by atoms with Gasteiger partial charge >= 0.3 is 0 Å². The summed E-state index contributed by atoms with van der Waals surface area (Å²) in [6.45, 7) is 6.72. The maximum atomic E-state index is 12.8. The molecule has 3 rings (SSSR count). The number of rotatable bonds is 6. The van der Waals surface area contributed by atoms with E-state index in [9.17, 15) is 18.4 Å². The molecule has 30 heavy (non-hydrogen) atoms. The molecular formula is C21H29F2N3O3S. The van der Waals surface area contributed by atoms with Crippen LogP contribution in [0.5, 0.6) is 0 Å². The van der Waals surface area contributed by atoms with E-state index in [4.69, 9.17) is 4.74 Å². The van der Waals surface area contributed by atoms with Crippen LogP contribution in [0.25, 0.3) is 0 Å². The van der Waals surface area contributed by atoms with Gasteiger partial charge in [-0.1, -0.05) is 23.9 Å². The van der Waals surface area contributed by atoms with Crippen molar-refractivity contribution >= 4 is 29.3 Å². The molecule has 2 heterocycles. The monoisotopic (exact) mass is 441 g/mol. The second-order valence-corrected chi connectivity index (χ2v) is 9.01. The normalized spacial score (nSPS) is 23.6. The third-order valence-electron chi connectivity index (χ3n) is 5.41. The predicted molar refractivity (Wildman–Crippen MR) is 113 cm³/mol. The van der Waals surface area contributed by atoms with E-state index in [2.05, 4.69) is 5.32 Å². The second kappa shape index (κ2) is 10.5. The molecule has 0 radical (unpaired) electrons. The van der Waals surface area contributed by atoms with E-state index in [1.165, 1.54) is 0 Å². The largest absolute Gasteiger partial charge is 0.372 e. The van der Waals surface area contributed by atoms with Crippen LogP contribution in [0.15, 0.2) is 29.2 Å². The molecule has 2 atom stereocenters. The molecule has 2 unspecified atom stereocenters. The number of likely N-dealkylation sites (tertiary alicyclic amines) is 1. The van der Waals surface area contributed by atoms with E-state index in [-0.39, 0.29) is 36.5 Å². The average molecular weight is 442 g/mol. The van der Waals surface area contributed by atoms with Crippen LogP contribution in [-0.4, -0.2) is 72.3 Å². The summed E-state index contributed by atoms with van der Waals surface area (Å²) >= 11 is 0.418. The number of anilines is 1. The van der Waals surface area contributed by atoms with Crippen LogP contribution >= 0.6 is 11.8 Å². The summed E-state index contributed by atoms with van der Waals surface area (Å²) in [6.07, 6.45) is 1.52. The number of alkyl halides is 2. The second-order valence-electron chi connectivity index (χ2n) is 7.97. The number of amides is 2. The number of hydrogen-bond donors (Lipinski definition) is 1. The van der Waals surface area contributed by atoms with Crippen LogP contribution in [0.2, 0.25) is 0 Å². The Morgan fingerprint density at radius 3 is 2.43 bits per heavy atom. The van der Waals surface area contributed by atoms with E-state index in [1.807, 2.05) is 23.6 Å². The number of benzene rings is 1. The Morgan fingerprint density at radius 1 is 1.17 bits per heavy atom. The number of piperidine rings is 1. The van der Waals surface area contributed by atoms with E-state index < -0.39 is 5.76 Å². The number of thioether (sulfide) groups is 1. The molecular weight excluding hydrogens is 412 g/mol. The maximum Gasteiger partial charge on any atom is 0.288 e. The Morgan fingerprint density at radius 2 is 1.80 bits per heavy atom. The van der Waals surface area contributed by atoms with Crippen molar-refractivity contribution in [1.29, 1.82) is 0 Å².